The molecular formula is C12H25N3O. The van der Waals surface area contributed by atoms with E-state index >= 15 is 0 Å². The molecule has 1 aliphatic rings. The summed E-state index contributed by atoms with van der Waals surface area (Å²) < 4.78 is 0. The minimum atomic E-state index is -0.0364. The number of nitrogens with two attached hydrogens (primary N) is 1. The van der Waals surface area contributed by atoms with Crippen LogP contribution in [0, 0.1) is 0 Å². The second-order valence-corrected chi connectivity index (χ2v) is 4.85. The lowest BCUT2D eigenvalue weighted by atomic mass is 10.0. The fourth-order valence-electron chi connectivity index (χ4n) is 2.25. The standard InChI is InChI=1S/C12H25N3O/c1-4-15-7-5-11(6-8-15)14(3)12(16)9-10(2)13/h10-11H,4-9,13H2,1-3H3. The molecule has 94 valence electrons. The van der Waals surface area contributed by atoms with Crippen molar-refractivity contribution in [1.29, 1.82) is 0 Å². The zero-order valence-electron chi connectivity index (χ0n) is 10.8. The minimum absolute atomic E-state index is 0.0364. The molecule has 4 nitrogen and oxygen atoms in total. The van der Waals surface area contributed by atoms with Gasteiger partial charge in [0.1, 0.15) is 0 Å². The highest BCUT2D eigenvalue weighted by Crippen LogP contribution is 2.15. The first-order valence-corrected chi connectivity index (χ1v) is 6.28. The van der Waals surface area contributed by atoms with E-state index in [0.29, 0.717) is 12.5 Å². The molecule has 0 aliphatic carbocycles. The van der Waals surface area contributed by atoms with E-state index in [2.05, 4.69) is 11.8 Å². The van der Waals surface area contributed by atoms with E-state index in [-0.39, 0.29) is 11.9 Å². The molecule has 4 heteroatoms. The Bertz CT molecular complexity index is 222. The molecule has 1 amide bonds. The molecule has 1 heterocycles. The van der Waals surface area contributed by atoms with Gasteiger partial charge >= 0.3 is 0 Å². The Hall–Kier alpha value is -0.610. The van der Waals surface area contributed by atoms with Crippen LogP contribution in [-0.4, -0.2) is 54.5 Å². The summed E-state index contributed by atoms with van der Waals surface area (Å²) in [7, 11) is 1.91. The highest BCUT2D eigenvalue weighted by molar-refractivity contribution is 5.76. The van der Waals surface area contributed by atoms with Gasteiger partial charge in [-0.05, 0) is 26.3 Å². The van der Waals surface area contributed by atoms with Crippen molar-refractivity contribution in [1.82, 2.24) is 9.80 Å². The Kier molecular flexibility index (Phi) is 5.22. The molecule has 0 bridgehead atoms. The Morgan fingerprint density at radius 1 is 1.50 bits per heavy atom. The number of nitrogens with zero attached hydrogens (tertiary/aromatic N) is 2. The number of piperidine rings is 1. The summed E-state index contributed by atoms with van der Waals surface area (Å²) in [6, 6.07) is 0.375. The summed E-state index contributed by atoms with van der Waals surface area (Å²) in [5.74, 6) is 0.185. The predicted molar refractivity (Wildman–Crippen MR) is 66.2 cm³/mol. The van der Waals surface area contributed by atoms with E-state index in [9.17, 15) is 4.79 Å². The fraction of sp³-hybridized carbons (Fsp3) is 0.917. The Labute approximate surface area is 98.8 Å². The van der Waals surface area contributed by atoms with Crippen molar-refractivity contribution in [2.75, 3.05) is 26.7 Å². The van der Waals surface area contributed by atoms with Crippen LogP contribution in [-0.2, 0) is 4.79 Å². The van der Waals surface area contributed by atoms with Crippen LogP contribution in [0.1, 0.15) is 33.1 Å². The van der Waals surface area contributed by atoms with E-state index in [0.717, 1.165) is 32.5 Å². The van der Waals surface area contributed by atoms with Crippen LogP contribution in [0.2, 0.25) is 0 Å². The van der Waals surface area contributed by atoms with Crippen LogP contribution in [0.4, 0.5) is 0 Å². The first kappa shape index (κ1) is 13.5. The van der Waals surface area contributed by atoms with Gasteiger partial charge in [-0.15, -0.1) is 0 Å². The molecule has 1 saturated heterocycles. The molecule has 0 spiro atoms. The van der Waals surface area contributed by atoms with Gasteiger partial charge in [0, 0.05) is 38.6 Å². The third kappa shape index (κ3) is 3.76. The van der Waals surface area contributed by atoms with Gasteiger partial charge in [0.05, 0.1) is 0 Å². The molecule has 0 saturated carbocycles. The van der Waals surface area contributed by atoms with Gasteiger partial charge in [0.2, 0.25) is 5.91 Å². The Morgan fingerprint density at radius 2 is 2.06 bits per heavy atom. The highest BCUT2D eigenvalue weighted by atomic mass is 16.2. The number of carbonyl (C=O) groups excluding carboxylic acids is 1. The molecule has 1 fully saturated rings. The topological polar surface area (TPSA) is 49.6 Å². The van der Waals surface area contributed by atoms with Crippen LogP contribution in [0.3, 0.4) is 0 Å². The van der Waals surface area contributed by atoms with Crippen molar-refractivity contribution in [3.05, 3.63) is 0 Å². The summed E-state index contributed by atoms with van der Waals surface area (Å²) in [6.07, 6.45) is 2.65. The molecule has 0 radical (unpaired) electrons. The zero-order valence-corrected chi connectivity index (χ0v) is 10.8. The van der Waals surface area contributed by atoms with Gasteiger partial charge in [0.15, 0.2) is 0 Å². The molecule has 1 atom stereocenters. The maximum Gasteiger partial charge on any atom is 0.224 e. The molecule has 0 aromatic heterocycles. The van der Waals surface area contributed by atoms with Gasteiger partial charge < -0.3 is 15.5 Å². The van der Waals surface area contributed by atoms with Crippen LogP contribution in [0.15, 0.2) is 0 Å². The maximum atomic E-state index is 11.8. The number of rotatable bonds is 4. The number of hydrogen-bond donors (Lipinski definition) is 1. The lowest BCUT2D eigenvalue weighted by molar-refractivity contribution is -0.133. The van der Waals surface area contributed by atoms with Crippen molar-refractivity contribution in [2.24, 2.45) is 5.73 Å². The van der Waals surface area contributed by atoms with E-state index in [1.165, 1.54) is 0 Å². The van der Waals surface area contributed by atoms with Gasteiger partial charge in [-0.2, -0.15) is 0 Å². The summed E-state index contributed by atoms with van der Waals surface area (Å²) >= 11 is 0. The number of likely N-dealkylation sites (tertiary alicyclic amines) is 1. The predicted octanol–water partition coefficient (Wildman–Crippen LogP) is 0.666. The molecule has 0 aromatic carbocycles. The van der Waals surface area contributed by atoms with Crippen LogP contribution in [0.5, 0.6) is 0 Å². The lowest BCUT2D eigenvalue weighted by Crippen LogP contribution is -2.46. The van der Waals surface area contributed by atoms with Gasteiger partial charge in [-0.3, -0.25) is 4.79 Å². The largest absolute Gasteiger partial charge is 0.343 e. The smallest absolute Gasteiger partial charge is 0.224 e. The second kappa shape index (κ2) is 6.21. The van der Waals surface area contributed by atoms with Crippen molar-refractivity contribution in [3.63, 3.8) is 0 Å². The molecule has 1 rings (SSSR count). The van der Waals surface area contributed by atoms with E-state index < -0.39 is 0 Å². The fourth-order valence-corrected chi connectivity index (χ4v) is 2.25. The number of hydrogen-bond acceptors (Lipinski definition) is 3. The van der Waals surface area contributed by atoms with Crippen molar-refractivity contribution in [3.8, 4) is 0 Å². The van der Waals surface area contributed by atoms with E-state index in [1.54, 1.807) is 0 Å². The lowest BCUT2D eigenvalue weighted by Gasteiger charge is -2.36. The maximum absolute atomic E-state index is 11.8. The molecule has 2 N–H and O–H groups in total. The van der Waals surface area contributed by atoms with Crippen LogP contribution >= 0.6 is 0 Å². The van der Waals surface area contributed by atoms with Crippen molar-refractivity contribution < 1.29 is 4.79 Å². The molecule has 1 unspecified atom stereocenters. The van der Waals surface area contributed by atoms with Crippen LogP contribution in [0.25, 0.3) is 0 Å². The first-order valence-electron chi connectivity index (χ1n) is 6.28. The van der Waals surface area contributed by atoms with Gasteiger partial charge in [0.25, 0.3) is 0 Å². The first-order chi connectivity index (χ1) is 7.54. The van der Waals surface area contributed by atoms with E-state index in [1.807, 2.05) is 18.9 Å². The number of carbonyl (C=O) groups is 1. The summed E-state index contributed by atoms with van der Waals surface area (Å²) in [4.78, 5) is 16.2. The van der Waals surface area contributed by atoms with Gasteiger partial charge in [-0.25, -0.2) is 0 Å². The Morgan fingerprint density at radius 3 is 2.50 bits per heavy atom. The summed E-state index contributed by atoms with van der Waals surface area (Å²) in [6.45, 7) is 7.40. The summed E-state index contributed by atoms with van der Waals surface area (Å²) in [5, 5.41) is 0. The zero-order chi connectivity index (χ0) is 12.1. The third-order valence-electron chi connectivity index (χ3n) is 3.44. The highest BCUT2D eigenvalue weighted by Gasteiger charge is 2.24. The van der Waals surface area contributed by atoms with Crippen molar-refractivity contribution in [2.45, 2.75) is 45.2 Å². The monoisotopic (exact) mass is 227 g/mol. The molecule has 16 heavy (non-hydrogen) atoms. The normalized spacial score (nSPS) is 20.8. The average molecular weight is 227 g/mol. The Balaban J connectivity index is 2.37. The molecule has 1 aliphatic heterocycles. The average Bonchev–Trinajstić information content (AvgIpc) is 2.27. The molecule has 0 aromatic rings. The SMILES string of the molecule is CCN1CCC(N(C)C(=O)CC(C)N)CC1. The van der Waals surface area contributed by atoms with Gasteiger partial charge in [-0.1, -0.05) is 6.92 Å². The third-order valence-corrected chi connectivity index (χ3v) is 3.44. The van der Waals surface area contributed by atoms with Crippen molar-refractivity contribution >= 4 is 5.91 Å². The quantitative estimate of drug-likeness (QED) is 0.768. The minimum Gasteiger partial charge on any atom is -0.343 e. The number of amides is 1. The van der Waals surface area contributed by atoms with Crippen LogP contribution < -0.4 is 5.73 Å². The van der Waals surface area contributed by atoms with E-state index in [4.69, 9.17) is 5.73 Å². The second-order valence-electron chi connectivity index (χ2n) is 4.85. The molecular weight excluding hydrogens is 202 g/mol. The summed E-state index contributed by atoms with van der Waals surface area (Å²) in [5.41, 5.74) is 5.65.